The van der Waals surface area contributed by atoms with Crippen LogP contribution >= 0.6 is 39.3 Å². The molecule has 0 heterocycles. The van der Waals surface area contributed by atoms with E-state index < -0.39 is 0 Å². The van der Waals surface area contributed by atoms with E-state index in [4.69, 9.17) is 16.3 Å². The van der Waals surface area contributed by atoms with Gasteiger partial charge in [-0.3, -0.25) is 4.79 Å². The summed E-state index contributed by atoms with van der Waals surface area (Å²) in [7, 11) is 0. The van der Waals surface area contributed by atoms with Crippen molar-refractivity contribution in [1.29, 1.82) is 0 Å². The van der Waals surface area contributed by atoms with Crippen molar-refractivity contribution in [3.05, 3.63) is 63.1 Å². The van der Waals surface area contributed by atoms with Crippen LogP contribution in [0.3, 0.4) is 0 Å². The van der Waals surface area contributed by atoms with E-state index in [1.54, 1.807) is 30.0 Å². The predicted octanol–water partition coefficient (Wildman–Crippen LogP) is 4.84. The number of aryl methyl sites for hydroxylation is 1. The van der Waals surface area contributed by atoms with E-state index in [1.165, 1.54) is 11.1 Å². The third-order valence-electron chi connectivity index (χ3n) is 3.34. The molecule has 0 aromatic heterocycles. The summed E-state index contributed by atoms with van der Waals surface area (Å²) in [6.45, 7) is 2.73. The number of rotatable bonds is 8. The minimum absolute atomic E-state index is 0.0112. The molecule has 0 aliphatic rings. The van der Waals surface area contributed by atoms with Crippen LogP contribution in [0.15, 0.2) is 46.9 Å². The Morgan fingerprint density at radius 3 is 2.83 bits per heavy atom. The molecule has 0 fully saturated rings. The van der Waals surface area contributed by atoms with E-state index >= 15 is 0 Å². The maximum Gasteiger partial charge on any atom is 0.257 e. The Morgan fingerprint density at radius 1 is 1.29 bits per heavy atom. The van der Waals surface area contributed by atoms with Gasteiger partial charge in [-0.1, -0.05) is 35.9 Å². The number of halogens is 2. The highest BCUT2D eigenvalue weighted by molar-refractivity contribution is 9.10. The molecule has 1 amide bonds. The summed E-state index contributed by atoms with van der Waals surface area (Å²) in [6.07, 6.45) is 0. The molecule has 2 rings (SSSR count). The zero-order chi connectivity index (χ0) is 17.4. The van der Waals surface area contributed by atoms with Gasteiger partial charge >= 0.3 is 0 Å². The average Bonchev–Trinajstić information content (AvgIpc) is 2.55. The van der Waals surface area contributed by atoms with Crippen molar-refractivity contribution in [3.8, 4) is 5.75 Å². The molecular weight excluding hydrogens is 410 g/mol. The number of carbonyl (C=O) groups excluding carboxylic acids is 1. The number of carbonyl (C=O) groups is 1. The number of thioether (sulfide) groups is 1. The summed E-state index contributed by atoms with van der Waals surface area (Å²) in [5.41, 5.74) is 2.64. The summed E-state index contributed by atoms with van der Waals surface area (Å²) in [5, 5.41) is 3.47. The fraction of sp³-hybridized carbons (Fsp3) is 0.278. The van der Waals surface area contributed by atoms with Crippen molar-refractivity contribution >= 4 is 45.2 Å². The largest absolute Gasteiger partial charge is 0.483 e. The molecule has 0 saturated heterocycles. The van der Waals surface area contributed by atoms with Gasteiger partial charge in [0.15, 0.2) is 6.61 Å². The fourth-order valence-electron chi connectivity index (χ4n) is 2.00. The van der Waals surface area contributed by atoms with Gasteiger partial charge in [-0.25, -0.2) is 0 Å². The maximum atomic E-state index is 11.8. The first-order valence-electron chi connectivity index (χ1n) is 7.53. The molecule has 0 unspecified atom stereocenters. The Hall–Kier alpha value is -1.17. The molecule has 128 valence electrons. The fourth-order valence-corrected chi connectivity index (χ4v) is 3.74. The SMILES string of the molecule is Cc1ccccc1CSCCNC(=O)COc1ccc(Cl)cc1Br. The number of amides is 1. The topological polar surface area (TPSA) is 38.3 Å². The summed E-state index contributed by atoms with van der Waals surface area (Å²) < 4.78 is 6.20. The summed E-state index contributed by atoms with van der Waals surface area (Å²) in [6, 6.07) is 13.5. The van der Waals surface area contributed by atoms with Crippen LogP contribution in [-0.2, 0) is 10.5 Å². The van der Waals surface area contributed by atoms with Crippen molar-refractivity contribution in [3.63, 3.8) is 0 Å². The normalized spacial score (nSPS) is 10.5. The second-order valence-electron chi connectivity index (χ2n) is 5.19. The molecule has 6 heteroatoms. The van der Waals surface area contributed by atoms with Gasteiger partial charge in [0.05, 0.1) is 4.47 Å². The molecule has 1 N–H and O–H groups in total. The van der Waals surface area contributed by atoms with Crippen LogP contribution in [0.1, 0.15) is 11.1 Å². The number of hydrogen-bond donors (Lipinski definition) is 1. The number of hydrogen-bond acceptors (Lipinski definition) is 3. The molecule has 0 bridgehead atoms. The monoisotopic (exact) mass is 427 g/mol. The van der Waals surface area contributed by atoms with Gasteiger partial charge < -0.3 is 10.1 Å². The molecule has 0 aliphatic carbocycles. The highest BCUT2D eigenvalue weighted by Crippen LogP contribution is 2.27. The van der Waals surface area contributed by atoms with E-state index in [1.807, 2.05) is 6.07 Å². The molecule has 0 atom stereocenters. The van der Waals surface area contributed by atoms with Gasteiger partial charge in [-0.2, -0.15) is 11.8 Å². The quantitative estimate of drug-likeness (QED) is 0.611. The molecule has 0 saturated carbocycles. The molecular formula is C18H19BrClNO2S. The first kappa shape index (κ1) is 19.2. The summed E-state index contributed by atoms with van der Waals surface area (Å²) in [5.74, 6) is 2.29. The Kier molecular flexibility index (Phi) is 7.95. The third-order valence-corrected chi connectivity index (χ3v) is 5.20. The zero-order valence-corrected chi connectivity index (χ0v) is 16.5. The van der Waals surface area contributed by atoms with Crippen LogP contribution in [-0.4, -0.2) is 24.8 Å². The molecule has 3 nitrogen and oxygen atoms in total. The van der Waals surface area contributed by atoms with Crippen LogP contribution in [0.25, 0.3) is 0 Å². The number of ether oxygens (including phenoxy) is 1. The minimum Gasteiger partial charge on any atom is -0.483 e. The van der Waals surface area contributed by atoms with Crippen molar-refractivity contribution in [1.82, 2.24) is 5.32 Å². The first-order valence-corrected chi connectivity index (χ1v) is 9.85. The second-order valence-corrected chi connectivity index (χ2v) is 7.59. The Labute approximate surface area is 160 Å². The summed E-state index contributed by atoms with van der Waals surface area (Å²) >= 11 is 11.0. The molecule has 2 aromatic carbocycles. The third kappa shape index (κ3) is 6.38. The van der Waals surface area contributed by atoms with Gasteiger partial charge in [0.25, 0.3) is 5.91 Å². The highest BCUT2D eigenvalue weighted by Gasteiger charge is 2.06. The van der Waals surface area contributed by atoms with Crippen LogP contribution < -0.4 is 10.1 Å². The smallest absolute Gasteiger partial charge is 0.257 e. The Morgan fingerprint density at radius 2 is 2.08 bits per heavy atom. The van der Waals surface area contributed by atoms with Gasteiger partial charge in [-0.05, 0) is 52.2 Å². The van der Waals surface area contributed by atoms with Crippen LogP contribution in [0.4, 0.5) is 0 Å². The van der Waals surface area contributed by atoms with E-state index in [0.29, 0.717) is 17.3 Å². The number of nitrogens with one attached hydrogen (secondary N) is 1. The van der Waals surface area contributed by atoms with E-state index in [9.17, 15) is 4.79 Å². The van der Waals surface area contributed by atoms with Crippen molar-refractivity contribution < 1.29 is 9.53 Å². The lowest BCUT2D eigenvalue weighted by atomic mass is 10.1. The molecule has 0 aliphatic heterocycles. The van der Waals surface area contributed by atoms with Gasteiger partial charge in [0.2, 0.25) is 0 Å². The van der Waals surface area contributed by atoms with Gasteiger partial charge in [0.1, 0.15) is 5.75 Å². The Balaban J connectivity index is 1.62. The standard InChI is InChI=1S/C18H19BrClNO2S/c1-13-4-2-3-5-14(13)12-24-9-8-21-18(22)11-23-17-7-6-15(20)10-16(17)19/h2-7,10H,8-9,11-12H2,1H3,(H,21,22). The van der Waals surface area contributed by atoms with Crippen LogP contribution in [0.5, 0.6) is 5.75 Å². The van der Waals surface area contributed by atoms with Crippen molar-refractivity contribution in [2.24, 2.45) is 0 Å². The molecule has 0 radical (unpaired) electrons. The van der Waals surface area contributed by atoms with E-state index in [-0.39, 0.29) is 12.5 Å². The van der Waals surface area contributed by atoms with Crippen molar-refractivity contribution in [2.45, 2.75) is 12.7 Å². The van der Waals surface area contributed by atoms with Crippen LogP contribution in [0.2, 0.25) is 5.02 Å². The number of benzene rings is 2. The lowest BCUT2D eigenvalue weighted by Gasteiger charge is -2.09. The molecule has 2 aromatic rings. The lowest BCUT2D eigenvalue weighted by Crippen LogP contribution is -2.30. The zero-order valence-electron chi connectivity index (χ0n) is 13.4. The second kappa shape index (κ2) is 9.97. The van der Waals surface area contributed by atoms with Crippen LogP contribution in [0, 0.1) is 6.92 Å². The lowest BCUT2D eigenvalue weighted by molar-refractivity contribution is -0.122. The molecule has 0 spiro atoms. The van der Waals surface area contributed by atoms with Gasteiger partial charge in [-0.15, -0.1) is 0 Å². The maximum absolute atomic E-state index is 11.8. The summed E-state index contributed by atoms with van der Waals surface area (Å²) in [4.78, 5) is 11.8. The minimum atomic E-state index is -0.131. The predicted molar refractivity (Wildman–Crippen MR) is 105 cm³/mol. The van der Waals surface area contributed by atoms with Gasteiger partial charge in [0, 0.05) is 23.1 Å². The van der Waals surface area contributed by atoms with E-state index in [0.717, 1.165) is 16.0 Å². The Bertz CT molecular complexity index is 696. The average molecular weight is 429 g/mol. The highest BCUT2D eigenvalue weighted by atomic mass is 79.9. The molecule has 24 heavy (non-hydrogen) atoms. The van der Waals surface area contributed by atoms with Crippen molar-refractivity contribution in [2.75, 3.05) is 18.9 Å². The first-order chi connectivity index (χ1) is 11.6. The van der Waals surface area contributed by atoms with E-state index in [2.05, 4.69) is 46.4 Å².